The molecule has 1 amide bonds. The summed E-state index contributed by atoms with van der Waals surface area (Å²) >= 11 is 0. The molecule has 2 bridgehead atoms. The van der Waals surface area contributed by atoms with Gasteiger partial charge < -0.3 is 15.8 Å². The number of carbonyl (C=O) groups excluding carboxylic acids is 1. The van der Waals surface area contributed by atoms with Crippen LogP contribution < -0.4 is 15.8 Å². The summed E-state index contributed by atoms with van der Waals surface area (Å²) in [4.78, 5) is 17.5. The molecule has 7 nitrogen and oxygen atoms in total. The number of benzene rings is 2. The van der Waals surface area contributed by atoms with E-state index >= 15 is 0 Å². The lowest BCUT2D eigenvalue weighted by molar-refractivity contribution is -0.905. The largest absolute Gasteiger partial charge is 0.384 e. The minimum Gasteiger partial charge on any atom is -0.384 e. The summed E-state index contributed by atoms with van der Waals surface area (Å²) in [5.41, 5.74) is 14.4. The number of carbonyl (C=O) groups is 1. The normalized spacial score (nSPS) is 17.0. The average Bonchev–Trinajstić information content (AvgIpc) is 3.44. The van der Waals surface area contributed by atoms with Gasteiger partial charge in [0.05, 0.1) is 0 Å². The van der Waals surface area contributed by atoms with Crippen molar-refractivity contribution in [2.24, 2.45) is 0 Å². The topological polar surface area (TPSA) is 101 Å². The van der Waals surface area contributed by atoms with Crippen LogP contribution in [0.4, 0.5) is 10.2 Å². The second kappa shape index (κ2) is 8.92. The maximum Gasteiger partial charge on any atom is 0.258 e. The highest BCUT2D eigenvalue weighted by Crippen LogP contribution is 2.54. The van der Waals surface area contributed by atoms with E-state index in [0.29, 0.717) is 33.8 Å². The predicted octanol–water partition coefficient (Wildman–Crippen LogP) is 4.88. The van der Waals surface area contributed by atoms with E-state index in [-0.39, 0.29) is 24.0 Å². The predicted molar refractivity (Wildman–Crippen MR) is 139 cm³/mol. The fourth-order valence-corrected chi connectivity index (χ4v) is 5.61. The molecule has 2 aliphatic rings. The second-order valence-electron chi connectivity index (χ2n) is 10.2. The van der Waals surface area contributed by atoms with Crippen LogP contribution in [-0.4, -0.2) is 16.1 Å². The van der Waals surface area contributed by atoms with Crippen molar-refractivity contribution in [2.45, 2.75) is 45.4 Å². The summed E-state index contributed by atoms with van der Waals surface area (Å²) in [5.74, 6) is 0.0208. The van der Waals surface area contributed by atoms with Gasteiger partial charge in [-0.2, -0.15) is 4.39 Å². The number of nitrogens with one attached hydrogen (secondary N) is 1. The zero-order chi connectivity index (χ0) is 26.7. The molecular formula is C30H28FN4O3+. The summed E-state index contributed by atoms with van der Waals surface area (Å²) in [6, 6.07) is 14.8. The summed E-state index contributed by atoms with van der Waals surface area (Å²) in [6.45, 7) is 6.44. The smallest absolute Gasteiger partial charge is 0.258 e. The number of rotatable bonds is 5. The number of pyridine rings is 2. The van der Waals surface area contributed by atoms with Gasteiger partial charge in [0.15, 0.2) is 5.82 Å². The van der Waals surface area contributed by atoms with Gasteiger partial charge in [0.2, 0.25) is 6.20 Å². The van der Waals surface area contributed by atoms with Crippen LogP contribution in [0.2, 0.25) is 0 Å². The van der Waals surface area contributed by atoms with E-state index in [4.69, 9.17) is 10.5 Å². The van der Waals surface area contributed by atoms with Gasteiger partial charge >= 0.3 is 0 Å². The lowest BCUT2D eigenvalue weighted by Gasteiger charge is -2.18. The number of aromatic nitrogens is 2. The number of nitrogens with two attached hydrogens (primary N) is 1. The Balaban J connectivity index is 1.26. The third kappa shape index (κ3) is 3.88. The summed E-state index contributed by atoms with van der Waals surface area (Å²) in [5, 5.41) is 12.5. The number of halogens is 1. The molecule has 0 saturated heterocycles. The molecule has 192 valence electrons. The van der Waals surface area contributed by atoms with Crippen LogP contribution in [0.25, 0.3) is 11.1 Å². The molecule has 2 aliphatic heterocycles. The van der Waals surface area contributed by atoms with E-state index in [1.165, 1.54) is 12.3 Å². The van der Waals surface area contributed by atoms with Crippen molar-refractivity contribution in [1.82, 2.24) is 10.3 Å². The first-order valence-corrected chi connectivity index (χ1v) is 12.6. The van der Waals surface area contributed by atoms with Crippen LogP contribution in [0.3, 0.4) is 0 Å². The third-order valence-electron chi connectivity index (χ3n) is 7.48. The molecule has 2 atom stereocenters. The first-order chi connectivity index (χ1) is 18.2. The Labute approximate surface area is 219 Å². The number of ether oxygens (including phenoxy) is 1. The maximum atomic E-state index is 14.5. The summed E-state index contributed by atoms with van der Waals surface area (Å²) in [6.07, 6.45) is 1.87. The molecule has 4 heterocycles. The minimum atomic E-state index is -0.523. The van der Waals surface area contributed by atoms with E-state index in [2.05, 4.69) is 24.1 Å². The number of fused-ring (bicyclic) bond motifs is 8. The van der Waals surface area contributed by atoms with Gasteiger partial charge in [-0.1, -0.05) is 32.0 Å². The number of anilines is 1. The molecule has 0 spiro atoms. The molecule has 38 heavy (non-hydrogen) atoms. The van der Waals surface area contributed by atoms with E-state index in [1.54, 1.807) is 0 Å². The van der Waals surface area contributed by atoms with Crippen LogP contribution in [0.1, 0.15) is 81.4 Å². The average molecular weight is 512 g/mol. The highest BCUT2D eigenvalue weighted by molar-refractivity contribution is 5.94. The van der Waals surface area contributed by atoms with E-state index in [9.17, 15) is 14.4 Å². The highest BCUT2D eigenvalue weighted by Gasteiger charge is 2.43. The molecule has 4 aromatic rings. The number of nitrogen functional groups attached to an aromatic ring is 1. The number of hydrogen-bond acceptors (Lipinski definition) is 5. The first kappa shape index (κ1) is 24.1. The maximum absolute atomic E-state index is 14.5. The van der Waals surface area contributed by atoms with Crippen molar-refractivity contribution in [1.29, 1.82) is 0 Å². The van der Waals surface area contributed by atoms with Gasteiger partial charge in [-0.3, -0.25) is 10.0 Å². The van der Waals surface area contributed by atoms with E-state index in [1.807, 2.05) is 49.4 Å². The first-order valence-electron chi connectivity index (χ1n) is 12.6. The van der Waals surface area contributed by atoms with Crippen molar-refractivity contribution in [3.63, 3.8) is 0 Å². The van der Waals surface area contributed by atoms with E-state index < -0.39 is 5.82 Å². The van der Waals surface area contributed by atoms with Gasteiger partial charge in [0.1, 0.15) is 18.0 Å². The lowest BCUT2D eigenvalue weighted by Crippen LogP contribution is -2.29. The van der Waals surface area contributed by atoms with Crippen LogP contribution in [0, 0.1) is 12.7 Å². The molecule has 2 aromatic carbocycles. The summed E-state index contributed by atoms with van der Waals surface area (Å²) in [7, 11) is 0. The molecule has 0 saturated carbocycles. The molecular weight excluding hydrogens is 483 g/mol. The quantitative estimate of drug-likeness (QED) is 0.262. The standard InChI is InChI=1S/C30H27FN4O3/c1-15(2)22-12-27(32)34-16(3)25(22)13-33-30(36)18-5-7-21-24(11-18)29-23-10-17(4-6-20(23)28(21)38-29)19-8-9-35(37)14-26(19)31/h4-12,14-15,28-29H,13H2,1-3H3,(H3-,32,33,34,36,37)/p+1/t28-,29+/m0/s1. The van der Waals surface area contributed by atoms with Gasteiger partial charge in [-0.25, -0.2) is 4.98 Å². The van der Waals surface area contributed by atoms with Crippen LogP contribution in [-0.2, 0) is 11.3 Å². The van der Waals surface area contributed by atoms with Gasteiger partial charge in [-0.05, 0) is 76.1 Å². The van der Waals surface area contributed by atoms with Crippen molar-refractivity contribution in [3.05, 3.63) is 111 Å². The zero-order valence-corrected chi connectivity index (χ0v) is 21.3. The summed E-state index contributed by atoms with van der Waals surface area (Å²) < 4.78 is 21.5. The van der Waals surface area contributed by atoms with Gasteiger partial charge in [0.25, 0.3) is 12.1 Å². The highest BCUT2D eigenvalue weighted by atomic mass is 19.1. The molecule has 8 heteroatoms. The Morgan fingerprint density at radius 1 is 1.11 bits per heavy atom. The Morgan fingerprint density at radius 3 is 2.55 bits per heavy atom. The molecule has 2 aromatic heterocycles. The number of nitrogens with zero attached hydrogens (tertiary/aromatic N) is 2. The van der Waals surface area contributed by atoms with Crippen molar-refractivity contribution in [2.75, 3.05) is 5.73 Å². The Kier molecular flexibility index (Phi) is 5.65. The Hall–Kier alpha value is -4.30. The SMILES string of the molecule is Cc1nc(N)cc(C(C)C)c1CNC(=O)c1ccc2c(c1)[C@@H]1O[C@H]2c2ccc(-c3cc[n+](O)cc3F)cc21. The van der Waals surface area contributed by atoms with Gasteiger partial charge in [0, 0.05) is 34.2 Å². The van der Waals surface area contributed by atoms with Crippen LogP contribution in [0.5, 0.6) is 0 Å². The molecule has 0 unspecified atom stereocenters. The monoisotopic (exact) mass is 511 g/mol. The molecule has 6 rings (SSSR count). The second-order valence-corrected chi connectivity index (χ2v) is 10.2. The fourth-order valence-electron chi connectivity index (χ4n) is 5.61. The number of aryl methyl sites for hydroxylation is 1. The lowest BCUT2D eigenvalue weighted by atomic mass is 9.84. The number of hydrogen-bond donors (Lipinski definition) is 3. The van der Waals surface area contributed by atoms with Gasteiger partial charge in [-0.15, -0.1) is 0 Å². The Bertz CT molecular complexity index is 1620. The minimum absolute atomic E-state index is 0.181. The van der Waals surface area contributed by atoms with E-state index in [0.717, 1.165) is 45.3 Å². The van der Waals surface area contributed by atoms with Crippen molar-refractivity contribution < 1.29 is 23.9 Å². The van der Waals surface area contributed by atoms with Crippen LogP contribution >= 0.6 is 0 Å². The molecule has 0 radical (unpaired) electrons. The molecule has 4 N–H and O–H groups in total. The van der Waals surface area contributed by atoms with Crippen molar-refractivity contribution in [3.8, 4) is 11.1 Å². The van der Waals surface area contributed by atoms with Crippen molar-refractivity contribution >= 4 is 11.7 Å². The Morgan fingerprint density at radius 2 is 1.82 bits per heavy atom. The van der Waals surface area contributed by atoms with Crippen LogP contribution in [0.15, 0.2) is 60.9 Å². The zero-order valence-electron chi connectivity index (χ0n) is 21.3. The fraction of sp³-hybridized carbons (Fsp3) is 0.233. The third-order valence-corrected chi connectivity index (χ3v) is 7.48. The molecule has 0 aliphatic carbocycles. The number of amides is 1. The molecule has 0 fully saturated rings.